The second-order valence-electron chi connectivity index (χ2n) is 5.00. The predicted molar refractivity (Wildman–Crippen MR) is 93.1 cm³/mol. The number of aromatic nitrogens is 3. The number of esters is 1. The second-order valence-corrected chi connectivity index (χ2v) is 5.84. The van der Waals surface area contributed by atoms with E-state index in [4.69, 9.17) is 32.7 Å². The zero-order valence-corrected chi connectivity index (χ0v) is 14.8. The Morgan fingerprint density at radius 2 is 1.96 bits per heavy atom. The SMILES string of the molecule is CC(=O)Oc1ccnc(-c2ccc(Oc3ncc(Cl)cc3F)cc2Cl)n1. The molecule has 0 spiro atoms. The average molecular weight is 394 g/mol. The molecule has 0 aliphatic heterocycles. The maximum Gasteiger partial charge on any atom is 0.309 e. The largest absolute Gasteiger partial charge is 0.436 e. The fourth-order valence-electron chi connectivity index (χ4n) is 2.01. The molecule has 0 radical (unpaired) electrons. The van der Waals surface area contributed by atoms with Gasteiger partial charge in [0.2, 0.25) is 5.88 Å². The van der Waals surface area contributed by atoms with E-state index in [-0.39, 0.29) is 33.4 Å². The average Bonchev–Trinajstić information content (AvgIpc) is 2.57. The molecule has 2 aromatic heterocycles. The Morgan fingerprint density at radius 1 is 1.15 bits per heavy atom. The predicted octanol–water partition coefficient (Wildman–Crippen LogP) is 4.70. The Bertz CT molecular complexity index is 985. The van der Waals surface area contributed by atoms with Crippen LogP contribution in [0.15, 0.2) is 42.7 Å². The highest BCUT2D eigenvalue weighted by atomic mass is 35.5. The van der Waals surface area contributed by atoms with Crippen LogP contribution in [0.1, 0.15) is 6.92 Å². The minimum absolute atomic E-state index is 0.103. The number of halogens is 3. The highest BCUT2D eigenvalue weighted by Crippen LogP contribution is 2.32. The van der Waals surface area contributed by atoms with Crippen LogP contribution in [0.2, 0.25) is 10.0 Å². The van der Waals surface area contributed by atoms with E-state index in [0.717, 1.165) is 6.07 Å². The van der Waals surface area contributed by atoms with Crippen molar-refractivity contribution < 1.29 is 18.7 Å². The minimum atomic E-state index is -0.699. The van der Waals surface area contributed by atoms with Crippen molar-refractivity contribution in [1.29, 1.82) is 0 Å². The van der Waals surface area contributed by atoms with Gasteiger partial charge in [-0.25, -0.2) is 14.4 Å². The molecule has 2 heterocycles. The van der Waals surface area contributed by atoms with Gasteiger partial charge in [0.15, 0.2) is 11.6 Å². The molecule has 6 nitrogen and oxygen atoms in total. The van der Waals surface area contributed by atoms with E-state index in [1.807, 2.05) is 0 Å². The number of nitrogens with zero attached hydrogens (tertiary/aromatic N) is 3. The molecular formula is C17H10Cl2FN3O3. The summed E-state index contributed by atoms with van der Waals surface area (Å²) >= 11 is 11.9. The van der Waals surface area contributed by atoms with Crippen molar-refractivity contribution in [2.24, 2.45) is 0 Å². The normalized spacial score (nSPS) is 10.5. The molecule has 0 bridgehead atoms. The van der Waals surface area contributed by atoms with E-state index < -0.39 is 11.8 Å². The van der Waals surface area contributed by atoms with Crippen LogP contribution < -0.4 is 9.47 Å². The Morgan fingerprint density at radius 3 is 2.65 bits per heavy atom. The molecule has 0 aliphatic carbocycles. The Kier molecular flexibility index (Phi) is 5.29. The third-order valence-corrected chi connectivity index (χ3v) is 3.57. The smallest absolute Gasteiger partial charge is 0.309 e. The first-order valence-corrected chi connectivity index (χ1v) is 7.98. The van der Waals surface area contributed by atoms with Crippen LogP contribution in [-0.4, -0.2) is 20.9 Å². The first kappa shape index (κ1) is 18.0. The van der Waals surface area contributed by atoms with Crippen molar-refractivity contribution in [3.8, 4) is 28.9 Å². The van der Waals surface area contributed by atoms with E-state index in [1.54, 1.807) is 12.1 Å². The summed E-state index contributed by atoms with van der Waals surface area (Å²) in [4.78, 5) is 23.0. The van der Waals surface area contributed by atoms with Gasteiger partial charge in [-0.05, 0) is 18.2 Å². The monoisotopic (exact) mass is 393 g/mol. The minimum Gasteiger partial charge on any atom is -0.436 e. The van der Waals surface area contributed by atoms with Gasteiger partial charge in [-0.1, -0.05) is 23.2 Å². The van der Waals surface area contributed by atoms with Gasteiger partial charge in [-0.3, -0.25) is 4.79 Å². The van der Waals surface area contributed by atoms with Crippen LogP contribution >= 0.6 is 23.2 Å². The molecule has 0 atom stereocenters. The van der Waals surface area contributed by atoms with Crippen LogP contribution in [0.5, 0.6) is 17.5 Å². The molecule has 3 rings (SSSR count). The molecule has 0 fully saturated rings. The Balaban J connectivity index is 1.87. The van der Waals surface area contributed by atoms with E-state index in [2.05, 4.69) is 15.0 Å². The van der Waals surface area contributed by atoms with Crippen LogP contribution in [0.3, 0.4) is 0 Å². The maximum atomic E-state index is 13.8. The maximum absolute atomic E-state index is 13.8. The first-order chi connectivity index (χ1) is 12.4. The summed E-state index contributed by atoms with van der Waals surface area (Å²) in [6.07, 6.45) is 2.71. The fraction of sp³-hybridized carbons (Fsp3) is 0.0588. The lowest BCUT2D eigenvalue weighted by molar-refractivity contribution is -0.132. The summed E-state index contributed by atoms with van der Waals surface area (Å²) in [6.45, 7) is 1.27. The van der Waals surface area contributed by atoms with Crippen molar-refractivity contribution in [3.05, 3.63) is 58.6 Å². The van der Waals surface area contributed by atoms with Crippen molar-refractivity contribution >= 4 is 29.2 Å². The van der Waals surface area contributed by atoms with Gasteiger partial charge in [-0.15, -0.1) is 0 Å². The van der Waals surface area contributed by atoms with E-state index in [9.17, 15) is 9.18 Å². The molecule has 0 saturated carbocycles. The lowest BCUT2D eigenvalue weighted by Crippen LogP contribution is -2.04. The standard InChI is InChI=1S/C17H10Cl2FN3O3/c1-9(24)25-15-4-5-21-16(23-15)12-3-2-11(7-13(12)19)26-17-14(20)6-10(18)8-22-17/h2-8H,1H3. The van der Waals surface area contributed by atoms with Gasteiger partial charge in [-0.2, -0.15) is 4.98 Å². The van der Waals surface area contributed by atoms with Gasteiger partial charge in [0.05, 0.1) is 10.0 Å². The molecule has 0 amide bonds. The van der Waals surface area contributed by atoms with E-state index >= 15 is 0 Å². The van der Waals surface area contributed by atoms with Gasteiger partial charge < -0.3 is 9.47 Å². The second kappa shape index (κ2) is 7.63. The quantitative estimate of drug-likeness (QED) is 0.597. The van der Waals surface area contributed by atoms with Crippen molar-refractivity contribution in [2.75, 3.05) is 0 Å². The molecule has 0 N–H and O–H groups in total. The molecule has 132 valence electrons. The summed E-state index contributed by atoms with van der Waals surface area (Å²) in [5.74, 6) is -0.797. The zero-order valence-electron chi connectivity index (χ0n) is 13.2. The third kappa shape index (κ3) is 4.25. The highest BCUT2D eigenvalue weighted by molar-refractivity contribution is 6.33. The van der Waals surface area contributed by atoms with Gasteiger partial charge in [0.25, 0.3) is 5.88 Å². The topological polar surface area (TPSA) is 74.2 Å². The Labute approximate surface area is 157 Å². The number of ether oxygens (including phenoxy) is 2. The van der Waals surface area contributed by atoms with Crippen molar-refractivity contribution in [3.63, 3.8) is 0 Å². The van der Waals surface area contributed by atoms with Gasteiger partial charge in [0.1, 0.15) is 5.75 Å². The molecule has 1 aromatic carbocycles. The molecule has 9 heteroatoms. The number of benzene rings is 1. The lowest BCUT2D eigenvalue weighted by Gasteiger charge is -2.09. The first-order valence-electron chi connectivity index (χ1n) is 7.22. The lowest BCUT2D eigenvalue weighted by atomic mass is 10.2. The van der Waals surface area contributed by atoms with Gasteiger partial charge in [0, 0.05) is 37.0 Å². The number of pyridine rings is 1. The molecule has 0 unspecified atom stereocenters. The third-order valence-electron chi connectivity index (χ3n) is 3.05. The Hall–Kier alpha value is -2.77. The van der Waals surface area contributed by atoms with Crippen LogP contribution in [-0.2, 0) is 4.79 Å². The summed E-state index contributed by atoms with van der Waals surface area (Å²) in [5.41, 5.74) is 0.484. The van der Waals surface area contributed by atoms with Crippen molar-refractivity contribution in [1.82, 2.24) is 15.0 Å². The number of carbonyl (C=O) groups excluding carboxylic acids is 1. The molecular weight excluding hydrogens is 384 g/mol. The summed E-state index contributed by atoms with van der Waals surface area (Å²) in [6, 6.07) is 7.16. The van der Waals surface area contributed by atoms with Crippen LogP contribution in [0.25, 0.3) is 11.4 Å². The van der Waals surface area contributed by atoms with Crippen molar-refractivity contribution in [2.45, 2.75) is 6.92 Å². The van der Waals surface area contributed by atoms with E-state index in [0.29, 0.717) is 5.56 Å². The molecule has 0 aliphatic rings. The van der Waals surface area contributed by atoms with E-state index in [1.165, 1.54) is 31.5 Å². The van der Waals surface area contributed by atoms with Crippen LogP contribution in [0.4, 0.5) is 4.39 Å². The number of carbonyl (C=O) groups is 1. The van der Waals surface area contributed by atoms with Crippen LogP contribution in [0, 0.1) is 5.82 Å². The molecule has 3 aromatic rings. The highest BCUT2D eigenvalue weighted by Gasteiger charge is 2.12. The molecule has 0 saturated heterocycles. The fourth-order valence-corrected chi connectivity index (χ4v) is 2.41. The molecule has 26 heavy (non-hydrogen) atoms. The zero-order chi connectivity index (χ0) is 18.7. The number of rotatable bonds is 4. The van der Waals surface area contributed by atoms with Gasteiger partial charge >= 0.3 is 5.97 Å². The number of hydrogen-bond donors (Lipinski definition) is 0. The summed E-state index contributed by atoms with van der Waals surface area (Å²) in [5, 5.41) is 0.421. The summed E-state index contributed by atoms with van der Waals surface area (Å²) in [7, 11) is 0. The number of hydrogen-bond acceptors (Lipinski definition) is 6. The summed E-state index contributed by atoms with van der Waals surface area (Å²) < 4.78 is 24.1.